The Morgan fingerprint density at radius 2 is 1.70 bits per heavy atom. The van der Waals surface area contributed by atoms with Crippen molar-refractivity contribution < 1.29 is 27.6 Å². The maximum Gasteiger partial charge on any atom is 0.416 e. The third-order valence-electron chi connectivity index (χ3n) is 3.91. The minimum atomic E-state index is -4.38. The highest BCUT2D eigenvalue weighted by Crippen LogP contribution is 2.29. The van der Waals surface area contributed by atoms with Gasteiger partial charge in [-0.15, -0.1) is 0 Å². The second-order valence-electron chi connectivity index (χ2n) is 6.38. The first kappa shape index (κ1) is 23.3. The lowest BCUT2D eigenvalue weighted by atomic mass is 10.1. The van der Waals surface area contributed by atoms with Crippen LogP contribution < -0.4 is 4.74 Å². The van der Waals surface area contributed by atoms with E-state index in [0.717, 1.165) is 24.1 Å². The molecule has 0 radical (unpaired) electrons. The Kier molecular flexibility index (Phi) is 8.70. The normalized spacial score (nSPS) is 12.6. The molecular weight excluding hydrogens is 397 g/mol. The lowest BCUT2D eigenvalue weighted by molar-refractivity contribution is -0.137. The molecule has 8 heteroatoms. The molecule has 0 saturated carbocycles. The van der Waals surface area contributed by atoms with E-state index in [4.69, 9.17) is 14.4 Å². The van der Waals surface area contributed by atoms with E-state index in [-0.39, 0.29) is 6.61 Å². The Balaban J connectivity index is 2.09. The molecule has 0 atom stereocenters. The van der Waals surface area contributed by atoms with Gasteiger partial charge >= 0.3 is 6.18 Å². The second kappa shape index (κ2) is 11.2. The van der Waals surface area contributed by atoms with Crippen LogP contribution in [0.5, 0.6) is 5.75 Å². The van der Waals surface area contributed by atoms with E-state index in [1.165, 1.54) is 6.07 Å². The Labute approximate surface area is 174 Å². The molecule has 0 aliphatic heterocycles. The zero-order valence-corrected chi connectivity index (χ0v) is 17.2. The molecule has 0 heterocycles. The van der Waals surface area contributed by atoms with E-state index >= 15 is 0 Å². The third kappa shape index (κ3) is 7.09. The smallest absolute Gasteiger partial charge is 0.416 e. The maximum absolute atomic E-state index is 12.8. The number of hydrogen-bond acceptors (Lipinski definition) is 5. The first-order valence-electron chi connectivity index (χ1n) is 9.61. The molecule has 162 valence electrons. The predicted molar refractivity (Wildman–Crippen MR) is 110 cm³/mol. The SMILES string of the molecule is CCCON=C(C)C(=NOCC)c1ccc(OCc2cccc(C(F)(F)F)c2)cc1. The van der Waals surface area contributed by atoms with Crippen LogP contribution in [0.25, 0.3) is 0 Å². The Bertz CT molecular complexity index is 863. The fraction of sp³-hybridized carbons (Fsp3) is 0.364. The first-order valence-corrected chi connectivity index (χ1v) is 9.61. The van der Waals surface area contributed by atoms with E-state index in [1.807, 2.05) is 13.8 Å². The summed E-state index contributed by atoms with van der Waals surface area (Å²) < 4.78 is 44.1. The van der Waals surface area contributed by atoms with Gasteiger partial charge < -0.3 is 14.4 Å². The molecule has 0 fully saturated rings. The van der Waals surface area contributed by atoms with Crippen LogP contribution in [0.2, 0.25) is 0 Å². The van der Waals surface area contributed by atoms with Crippen LogP contribution in [0.1, 0.15) is 43.9 Å². The van der Waals surface area contributed by atoms with Gasteiger partial charge in [0.15, 0.2) is 0 Å². The van der Waals surface area contributed by atoms with Gasteiger partial charge in [-0.3, -0.25) is 0 Å². The van der Waals surface area contributed by atoms with Crippen molar-refractivity contribution in [3.8, 4) is 5.75 Å². The second-order valence-corrected chi connectivity index (χ2v) is 6.38. The molecule has 2 aromatic rings. The van der Waals surface area contributed by atoms with Crippen molar-refractivity contribution in [2.45, 2.75) is 40.0 Å². The van der Waals surface area contributed by atoms with Crippen LogP contribution in [-0.2, 0) is 22.5 Å². The standard InChI is InChI=1S/C22H25F3N2O3/c1-4-13-30-26-16(3)21(27-29-5-2)18-9-11-20(12-10-18)28-15-17-7-6-8-19(14-17)22(23,24)25/h6-12,14H,4-5,13,15H2,1-3H3. The lowest BCUT2D eigenvalue weighted by Gasteiger charge is -2.11. The lowest BCUT2D eigenvalue weighted by Crippen LogP contribution is -2.14. The van der Waals surface area contributed by atoms with Crippen molar-refractivity contribution in [3.05, 3.63) is 65.2 Å². The molecule has 0 amide bonds. The van der Waals surface area contributed by atoms with Crippen LogP contribution >= 0.6 is 0 Å². The van der Waals surface area contributed by atoms with Crippen LogP contribution in [0.3, 0.4) is 0 Å². The van der Waals surface area contributed by atoms with E-state index in [1.54, 1.807) is 37.3 Å². The molecule has 0 unspecified atom stereocenters. The highest BCUT2D eigenvalue weighted by atomic mass is 19.4. The van der Waals surface area contributed by atoms with Gasteiger partial charge in [-0.1, -0.05) is 29.4 Å². The molecule has 0 saturated heterocycles. The summed E-state index contributed by atoms with van der Waals surface area (Å²) in [5.74, 6) is 0.517. The summed E-state index contributed by atoms with van der Waals surface area (Å²) in [5, 5.41) is 8.16. The molecule has 0 bridgehead atoms. The zero-order chi connectivity index (χ0) is 22.0. The number of benzene rings is 2. The molecule has 0 aliphatic carbocycles. The fourth-order valence-corrected chi connectivity index (χ4v) is 2.45. The molecular formula is C22H25F3N2O3. The summed E-state index contributed by atoms with van der Waals surface area (Å²) in [6.07, 6.45) is -3.54. The van der Waals surface area contributed by atoms with Gasteiger partial charge in [0.1, 0.15) is 37.0 Å². The minimum Gasteiger partial charge on any atom is -0.489 e. The van der Waals surface area contributed by atoms with Gasteiger partial charge in [-0.2, -0.15) is 13.2 Å². The number of alkyl halides is 3. The molecule has 0 aromatic heterocycles. The van der Waals surface area contributed by atoms with Gasteiger partial charge in [-0.25, -0.2) is 0 Å². The highest BCUT2D eigenvalue weighted by Gasteiger charge is 2.30. The molecule has 2 rings (SSSR count). The maximum atomic E-state index is 12.8. The number of hydrogen-bond donors (Lipinski definition) is 0. The number of oxime groups is 2. The topological polar surface area (TPSA) is 52.4 Å². The molecule has 0 N–H and O–H groups in total. The highest BCUT2D eigenvalue weighted by molar-refractivity contribution is 6.47. The monoisotopic (exact) mass is 422 g/mol. The van der Waals surface area contributed by atoms with Crippen molar-refractivity contribution in [2.75, 3.05) is 13.2 Å². The quantitative estimate of drug-likeness (QED) is 0.275. The van der Waals surface area contributed by atoms with Crippen molar-refractivity contribution in [1.82, 2.24) is 0 Å². The number of ether oxygens (including phenoxy) is 1. The van der Waals surface area contributed by atoms with E-state index in [2.05, 4.69) is 10.3 Å². The molecule has 30 heavy (non-hydrogen) atoms. The zero-order valence-electron chi connectivity index (χ0n) is 17.2. The van der Waals surface area contributed by atoms with E-state index in [9.17, 15) is 13.2 Å². The summed E-state index contributed by atoms with van der Waals surface area (Å²) in [6.45, 7) is 6.51. The predicted octanol–water partition coefficient (Wildman–Crippen LogP) is 5.83. The Morgan fingerprint density at radius 1 is 0.967 bits per heavy atom. The molecule has 2 aromatic carbocycles. The largest absolute Gasteiger partial charge is 0.489 e. The minimum absolute atomic E-state index is 0.0223. The summed E-state index contributed by atoms with van der Waals surface area (Å²) in [4.78, 5) is 10.4. The van der Waals surface area contributed by atoms with Gasteiger partial charge in [0.2, 0.25) is 0 Å². The van der Waals surface area contributed by atoms with Crippen molar-refractivity contribution in [2.24, 2.45) is 10.3 Å². The van der Waals surface area contributed by atoms with E-state index in [0.29, 0.717) is 36.0 Å². The van der Waals surface area contributed by atoms with E-state index < -0.39 is 11.7 Å². The molecule has 5 nitrogen and oxygen atoms in total. The van der Waals surface area contributed by atoms with Crippen LogP contribution in [-0.4, -0.2) is 24.6 Å². The molecule has 0 spiro atoms. The average Bonchev–Trinajstić information content (AvgIpc) is 2.73. The van der Waals surface area contributed by atoms with Crippen molar-refractivity contribution >= 4 is 11.4 Å². The van der Waals surface area contributed by atoms with Crippen LogP contribution in [0.4, 0.5) is 13.2 Å². The average molecular weight is 422 g/mol. The van der Waals surface area contributed by atoms with Crippen molar-refractivity contribution in [3.63, 3.8) is 0 Å². The summed E-state index contributed by atoms with van der Waals surface area (Å²) in [7, 11) is 0. The first-order chi connectivity index (χ1) is 14.3. The van der Waals surface area contributed by atoms with Crippen LogP contribution in [0.15, 0.2) is 58.8 Å². The van der Waals surface area contributed by atoms with Crippen molar-refractivity contribution in [1.29, 1.82) is 0 Å². The third-order valence-corrected chi connectivity index (χ3v) is 3.91. The summed E-state index contributed by atoms with van der Waals surface area (Å²) in [6, 6.07) is 12.0. The van der Waals surface area contributed by atoms with Crippen LogP contribution in [0, 0.1) is 0 Å². The number of halogens is 3. The number of nitrogens with zero attached hydrogens (tertiary/aromatic N) is 2. The van der Waals surface area contributed by atoms with Gasteiger partial charge in [-0.05, 0) is 62.2 Å². The van der Waals surface area contributed by atoms with Gasteiger partial charge in [0.05, 0.1) is 5.56 Å². The number of rotatable bonds is 10. The fourth-order valence-electron chi connectivity index (χ4n) is 2.45. The summed E-state index contributed by atoms with van der Waals surface area (Å²) in [5.41, 5.74) is 1.57. The van der Waals surface area contributed by atoms with Gasteiger partial charge in [0.25, 0.3) is 0 Å². The Hall–Kier alpha value is -3.03. The Morgan fingerprint density at radius 3 is 2.33 bits per heavy atom. The van der Waals surface area contributed by atoms with Gasteiger partial charge in [0, 0.05) is 5.56 Å². The summed E-state index contributed by atoms with van der Waals surface area (Å²) >= 11 is 0. The molecule has 0 aliphatic rings.